The number of ether oxygens (including phenoxy) is 2. The number of nitrogens with zero attached hydrogens (tertiary/aromatic N) is 2. The van der Waals surface area contributed by atoms with E-state index >= 15 is 0 Å². The van der Waals surface area contributed by atoms with E-state index in [0.717, 1.165) is 5.69 Å². The fourth-order valence-corrected chi connectivity index (χ4v) is 2.95. The van der Waals surface area contributed by atoms with Crippen LogP contribution in [0.15, 0.2) is 36.5 Å². The largest absolute Gasteiger partial charge is 0.486 e. The Morgan fingerprint density at radius 2 is 1.89 bits per heavy atom. The summed E-state index contributed by atoms with van der Waals surface area (Å²) in [4.78, 5) is 26.4. The van der Waals surface area contributed by atoms with Gasteiger partial charge in [-0.15, -0.1) is 0 Å². The highest BCUT2D eigenvalue weighted by molar-refractivity contribution is 6.39. The van der Waals surface area contributed by atoms with Gasteiger partial charge >= 0.3 is 11.8 Å². The van der Waals surface area contributed by atoms with Crippen molar-refractivity contribution >= 4 is 17.5 Å². The van der Waals surface area contributed by atoms with Crippen molar-refractivity contribution in [2.45, 2.75) is 6.04 Å². The van der Waals surface area contributed by atoms with Gasteiger partial charge in [-0.1, -0.05) is 0 Å². The van der Waals surface area contributed by atoms with Gasteiger partial charge in [0.05, 0.1) is 6.04 Å². The van der Waals surface area contributed by atoms with Gasteiger partial charge in [0.25, 0.3) is 0 Å². The molecule has 0 fully saturated rings. The Bertz CT molecular complexity index is 831. The Morgan fingerprint density at radius 1 is 1.15 bits per heavy atom. The highest BCUT2D eigenvalue weighted by Gasteiger charge is 2.21. The maximum atomic E-state index is 12.2. The number of fused-ring (bicyclic) bond motifs is 1. The topological polar surface area (TPSA) is 84.8 Å². The molecule has 0 radical (unpaired) electrons. The zero-order valence-electron chi connectivity index (χ0n) is 15.7. The first-order valence-corrected chi connectivity index (χ1v) is 8.72. The van der Waals surface area contributed by atoms with E-state index in [1.165, 1.54) is 0 Å². The number of nitrogens with one attached hydrogen (secondary N) is 2. The lowest BCUT2D eigenvalue weighted by Crippen LogP contribution is -2.40. The number of benzene rings is 1. The molecule has 2 N–H and O–H groups in total. The molecule has 8 nitrogen and oxygen atoms in total. The van der Waals surface area contributed by atoms with E-state index in [0.29, 0.717) is 36.9 Å². The van der Waals surface area contributed by atoms with Gasteiger partial charge in [-0.25, -0.2) is 0 Å². The number of hydrogen-bond donors (Lipinski definition) is 2. The van der Waals surface area contributed by atoms with E-state index in [2.05, 4.69) is 10.6 Å². The summed E-state index contributed by atoms with van der Waals surface area (Å²) >= 11 is 0. The number of rotatable bonds is 5. The second-order valence-electron chi connectivity index (χ2n) is 6.55. The molecule has 0 aliphatic carbocycles. The van der Waals surface area contributed by atoms with E-state index in [1.807, 2.05) is 48.9 Å². The second kappa shape index (κ2) is 8.13. The van der Waals surface area contributed by atoms with Crippen LogP contribution in [-0.4, -0.2) is 55.1 Å². The van der Waals surface area contributed by atoms with Gasteiger partial charge < -0.3 is 24.7 Å². The van der Waals surface area contributed by atoms with Crippen molar-refractivity contribution in [3.63, 3.8) is 0 Å². The summed E-state index contributed by atoms with van der Waals surface area (Å²) in [5.74, 6) is -0.238. The van der Waals surface area contributed by atoms with Crippen molar-refractivity contribution in [3.05, 3.63) is 42.2 Å². The molecule has 8 heteroatoms. The molecule has 1 atom stereocenters. The van der Waals surface area contributed by atoms with Crippen LogP contribution in [0.1, 0.15) is 11.7 Å². The average molecular weight is 372 g/mol. The van der Waals surface area contributed by atoms with Crippen LogP contribution in [0.25, 0.3) is 0 Å². The predicted octanol–water partition coefficient (Wildman–Crippen LogP) is 1.15. The minimum atomic E-state index is -0.726. The van der Waals surface area contributed by atoms with Crippen molar-refractivity contribution < 1.29 is 19.1 Å². The molecule has 3 rings (SSSR count). The fourth-order valence-electron chi connectivity index (χ4n) is 2.95. The van der Waals surface area contributed by atoms with Crippen molar-refractivity contribution in [2.24, 2.45) is 7.05 Å². The number of aryl methyl sites for hydroxylation is 1. The predicted molar refractivity (Wildman–Crippen MR) is 101 cm³/mol. The van der Waals surface area contributed by atoms with Gasteiger partial charge in [-0.2, -0.15) is 0 Å². The Morgan fingerprint density at radius 3 is 2.56 bits per heavy atom. The summed E-state index contributed by atoms with van der Waals surface area (Å²) < 4.78 is 12.9. The molecule has 0 saturated carbocycles. The van der Waals surface area contributed by atoms with Gasteiger partial charge in [0, 0.05) is 37.2 Å². The minimum absolute atomic E-state index is 0.0453. The molecule has 1 aliphatic heterocycles. The van der Waals surface area contributed by atoms with Crippen LogP contribution in [0.5, 0.6) is 11.5 Å². The minimum Gasteiger partial charge on any atom is -0.486 e. The van der Waals surface area contributed by atoms with Crippen LogP contribution in [0.2, 0.25) is 0 Å². The molecule has 1 aromatic heterocycles. The van der Waals surface area contributed by atoms with Crippen LogP contribution in [0.4, 0.5) is 5.69 Å². The molecular weight excluding hydrogens is 348 g/mol. The van der Waals surface area contributed by atoms with Crippen LogP contribution in [0.3, 0.4) is 0 Å². The highest BCUT2D eigenvalue weighted by atomic mass is 16.6. The normalized spacial score (nSPS) is 13.9. The zero-order chi connectivity index (χ0) is 19.4. The van der Waals surface area contributed by atoms with Gasteiger partial charge in [-0.3, -0.25) is 14.5 Å². The molecule has 0 bridgehead atoms. The number of hydrogen-bond acceptors (Lipinski definition) is 5. The number of aromatic nitrogens is 1. The van der Waals surface area contributed by atoms with Crippen LogP contribution >= 0.6 is 0 Å². The average Bonchev–Trinajstić information content (AvgIpc) is 3.07. The summed E-state index contributed by atoms with van der Waals surface area (Å²) in [5.41, 5.74) is 1.53. The van der Waals surface area contributed by atoms with Crippen LogP contribution in [-0.2, 0) is 16.6 Å². The van der Waals surface area contributed by atoms with E-state index in [-0.39, 0.29) is 6.04 Å². The van der Waals surface area contributed by atoms with Crippen LogP contribution in [0, 0.1) is 0 Å². The summed E-state index contributed by atoms with van der Waals surface area (Å²) in [6.45, 7) is 1.27. The summed E-state index contributed by atoms with van der Waals surface area (Å²) in [5, 5.41) is 5.29. The van der Waals surface area contributed by atoms with E-state index in [9.17, 15) is 9.59 Å². The van der Waals surface area contributed by atoms with Crippen molar-refractivity contribution in [1.29, 1.82) is 0 Å². The molecule has 0 spiro atoms. The first-order valence-electron chi connectivity index (χ1n) is 8.72. The third kappa shape index (κ3) is 4.40. The molecule has 0 saturated heterocycles. The number of carbonyl (C=O) groups is 2. The Balaban J connectivity index is 1.59. The van der Waals surface area contributed by atoms with E-state index < -0.39 is 11.8 Å². The van der Waals surface area contributed by atoms with E-state index in [4.69, 9.17) is 9.47 Å². The molecule has 2 aromatic rings. The van der Waals surface area contributed by atoms with Gasteiger partial charge in [0.1, 0.15) is 13.2 Å². The fraction of sp³-hybridized carbons (Fsp3) is 0.368. The SMILES string of the molecule is CN(C)C(CNC(=O)C(=O)Nc1ccc2c(c1)OCCO2)c1cccn1C. The Labute approximate surface area is 158 Å². The van der Waals surface area contributed by atoms with Crippen molar-refractivity contribution in [1.82, 2.24) is 14.8 Å². The number of likely N-dealkylation sites (N-methyl/N-ethyl adjacent to an activating group) is 1. The van der Waals surface area contributed by atoms with Gasteiger partial charge in [-0.05, 0) is 38.4 Å². The standard InChI is InChI=1S/C19H24N4O4/c1-22(2)15(14-5-4-8-23(14)3)12-20-18(24)19(25)21-13-6-7-16-17(11-13)27-10-9-26-16/h4-8,11,15H,9-10,12H2,1-3H3,(H,20,24)(H,21,25). The number of amides is 2. The third-order valence-electron chi connectivity index (χ3n) is 4.41. The second-order valence-corrected chi connectivity index (χ2v) is 6.55. The first kappa shape index (κ1) is 18.8. The van der Waals surface area contributed by atoms with Crippen molar-refractivity contribution in [2.75, 3.05) is 39.2 Å². The third-order valence-corrected chi connectivity index (χ3v) is 4.41. The summed E-state index contributed by atoms with van der Waals surface area (Å²) in [6.07, 6.45) is 1.95. The molecular formula is C19H24N4O4. The smallest absolute Gasteiger partial charge is 0.313 e. The lowest BCUT2D eigenvalue weighted by Gasteiger charge is -2.25. The molecule has 2 amide bonds. The molecule has 1 aliphatic rings. The lowest BCUT2D eigenvalue weighted by atomic mass is 10.2. The number of carbonyl (C=O) groups excluding carboxylic acids is 2. The van der Waals surface area contributed by atoms with Crippen LogP contribution < -0.4 is 20.1 Å². The van der Waals surface area contributed by atoms with E-state index in [1.54, 1.807) is 18.2 Å². The number of anilines is 1. The molecule has 1 aromatic carbocycles. The van der Waals surface area contributed by atoms with Crippen molar-refractivity contribution in [3.8, 4) is 11.5 Å². The Hall–Kier alpha value is -3.00. The highest BCUT2D eigenvalue weighted by Crippen LogP contribution is 2.32. The molecule has 27 heavy (non-hydrogen) atoms. The van der Waals surface area contributed by atoms with Gasteiger partial charge in [0.15, 0.2) is 11.5 Å². The quantitative estimate of drug-likeness (QED) is 0.770. The monoisotopic (exact) mass is 372 g/mol. The summed E-state index contributed by atoms with van der Waals surface area (Å²) in [7, 11) is 5.81. The maximum Gasteiger partial charge on any atom is 0.313 e. The molecule has 2 heterocycles. The molecule has 1 unspecified atom stereocenters. The maximum absolute atomic E-state index is 12.2. The Kier molecular flexibility index (Phi) is 5.66. The van der Waals surface area contributed by atoms with Gasteiger partial charge in [0.2, 0.25) is 0 Å². The first-order chi connectivity index (χ1) is 13.0. The molecule has 144 valence electrons. The summed E-state index contributed by atoms with van der Waals surface area (Å²) in [6, 6.07) is 8.92. The zero-order valence-corrected chi connectivity index (χ0v) is 15.7. The lowest BCUT2D eigenvalue weighted by molar-refractivity contribution is -0.136.